The van der Waals surface area contributed by atoms with Crippen LogP contribution < -0.4 is 10.1 Å². The van der Waals surface area contributed by atoms with E-state index in [9.17, 15) is 27.9 Å². The van der Waals surface area contributed by atoms with Crippen LogP contribution in [0.15, 0.2) is 94.4 Å². The van der Waals surface area contributed by atoms with Crippen LogP contribution in [-0.2, 0) is 23.8 Å². The molecule has 0 bridgehead atoms. The number of ketones is 1. The highest BCUT2D eigenvalue weighted by molar-refractivity contribution is 7.17. The van der Waals surface area contributed by atoms with E-state index in [0.29, 0.717) is 24.7 Å². The van der Waals surface area contributed by atoms with Gasteiger partial charge in [0.15, 0.2) is 5.78 Å². The fraction of sp³-hybridized carbons (Fsp3) is 0.206. The number of oxazole rings is 1. The van der Waals surface area contributed by atoms with Gasteiger partial charge in [0.1, 0.15) is 17.6 Å². The Kier molecular flexibility index (Phi) is 9.38. The molecule has 0 fully saturated rings. The molecule has 5 aromatic rings. The van der Waals surface area contributed by atoms with Crippen LogP contribution in [0.3, 0.4) is 0 Å². The summed E-state index contributed by atoms with van der Waals surface area (Å²) in [5.74, 6) is 0.289. The van der Waals surface area contributed by atoms with Crippen LogP contribution in [0.5, 0.6) is 5.75 Å². The number of hydrogen-bond donors (Lipinski definition) is 2. The lowest BCUT2D eigenvalue weighted by Gasteiger charge is -2.17. The SMILES string of the molecule is C/C(=C/C(=O)c1ccc(C(F)(F)F)cc1)NC(Cc1ccc(OCCc2nc(-c3ccccc3)oc2C)c2ccsc12)C(=O)O. The molecule has 0 saturated carbocycles. The summed E-state index contributed by atoms with van der Waals surface area (Å²) in [4.78, 5) is 29.4. The summed E-state index contributed by atoms with van der Waals surface area (Å²) in [6.45, 7) is 3.77. The Labute approximate surface area is 261 Å². The Morgan fingerprint density at radius 1 is 1.07 bits per heavy atom. The summed E-state index contributed by atoms with van der Waals surface area (Å²) >= 11 is 1.47. The Morgan fingerprint density at radius 3 is 2.49 bits per heavy atom. The largest absolute Gasteiger partial charge is 0.493 e. The number of aromatic nitrogens is 1. The third kappa shape index (κ3) is 7.61. The first-order valence-electron chi connectivity index (χ1n) is 14.0. The smallest absolute Gasteiger partial charge is 0.416 e. The van der Waals surface area contributed by atoms with Gasteiger partial charge in [-0.1, -0.05) is 36.4 Å². The number of carboxylic acid groups (broad SMARTS) is 1. The van der Waals surface area contributed by atoms with E-state index < -0.39 is 29.5 Å². The van der Waals surface area contributed by atoms with E-state index in [0.717, 1.165) is 56.9 Å². The lowest BCUT2D eigenvalue weighted by molar-refractivity contribution is -0.139. The Hall–Kier alpha value is -4.90. The molecule has 11 heteroatoms. The van der Waals surface area contributed by atoms with Gasteiger partial charge in [0.05, 0.1) is 17.9 Å². The molecule has 0 radical (unpaired) electrons. The number of fused-ring (bicyclic) bond motifs is 1. The number of hydrogen-bond acceptors (Lipinski definition) is 7. The van der Waals surface area contributed by atoms with E-state index in [1.165, 1.54) is 24.3 Å². The Balaban J connectivity index is 1.24. The number of nitrogens with one attached hydrogen (secondary N) is 1. The fourth-order valence-corrected chi connectivity index (χ4v) is 5.78. The van der Waals surface area contributed by atoms with Crippen molar-refractivity contribution in [2.24, 2.45) is 0 Å². The van der Waals surface area contributed by atoms with Gasteiger partial charge in [0, 0.05) is 45.8 Å². The van der Waals surface area contributed by atoms with Gasteiger partial charge in [0.25, 0.3) is 0 Å². The molecule has 0 aliphatic carbocycles. The van der Waals surface area contributed by atoms with Crippen LogP contribution in [0.4, 0.5) is 13.2 Å². The van der Waals surface area contributed by atoms with Gasteiger partial charge in [-0.2, -0.15) is 13.2 Å². The lowest BCUT2D eigenvalue weighted by Crippen LogP contribution is -2.37. The topological polar surface area (TPSA) is 102 Å². The number of benzene rings is 3. The van der Waals surface area contributed by atoms with Crippen molar-refractivity contribution in [3.8, 4) is 17.2 Å². The first-order chi connectivity index (χ1) is 21.5. The molecule has 0 aliphatic rings. The first-order valence-corrected chi connectivity index (χ1v) is 14.9. The molecule has 3 aromatic carbocycles. The number of aryl methyl sites for hydroxylation is 1. The van der Waals surface area contributed by atoms with E-state index in [1.54, 1.807) is 0 Å². The van der Waals surface area contributed by atoms with Gasteiger partial charge in [-0.3, -0.25) is 4.79 Å². The molecule has 7 nitrogen and oxygen atoms in total. The van der Waals surface area contributed by atoms with Crippen molar-refractivity contribution in [2.45, 2.75) is 38.9 Å². The highest BCUT2D eigenvalue weighted by Gasteiger charge is 2.30. The summed E-state index contributed by atoms with van der Waals surface area (Å²) in [6.07, 6.45) is -2.67. The molecule has 5 rings (SSSR count). The third-order valence-electron chi connectivity index (χ3n) is 7.14. The molecule has 0 aliphatic heterocycles. The van der Waals surface area contributed by atoms with Gasteiger partial charge < -0.3 is 19.6 Å². The molecule has 2 heterocycles. The lowest BCUT2D eigenvalue weighted by atomic mass is 10.0. The monoisotopic (exact) mass is 634 g/mol. The number of allylic oxidation sites excluding steroid dienone is 2. The molecular formula is C34H29F3N2O5S. The second-order valence-electron chi connectivity index (χ2n) is 10.4. The predicted octanol–water partition coefficient (Wildman–Crippen LogP) is 7.88. The van der Waals surface area contributed by atoms with Crippen LogP contribution in [0, 0.1) is 6.92 Å². The maximum atomic E-state index is 12.8. The summed E-state index contributed by atoms with van der Waals surface area (Å²) in [5.41, 5.74) is 1.96. The number of ether oxygens (including phenoxy) is 1. The number of alkyl halides is 3. The van der Waals surface area contributed by atoms with Gasteiger partial charge in [-0.25, -0.2) is 9.78 Å². The minimum absolute atomic E-state index is 0.0576. The van der Waals surface area contributed by atoms with E-state index in [2.05, 4.69) is 10.3 Å². The maximum absolute atomic E-state index is 12.8. The number of rotatable bonds is 12. The highest BCUT2D eigenvalue weighted by atomic mass is 32.1. The van der Waals surface area contributed by atoms with Crippen LogP contribution in [0.1, 0.15) is 39.9 Å². The molecule has 2 N–H and O–H groups in total. The predicted molar refractivity (Wildman–Crippen MR) is 165 cm³/mol. The second-order valence-corrected chi connectivity index (χ2v) is 11.3. The van der Waals surface area contributed by atoms with Crippen LogP contribution in [0.2, 0.25) is 0 Å². The number of thiophene rings is 1. The number of carboxylic acids is 1. The van der Waals surface area contributed by atoms with Crippen molar-refractivity contribution in [3.63, 3.8) is 0 Å². The Bertz CT molecular complexity index is 1840. The molecule has 0 spiro atoms. The Morgan fingerprint density at radius 2 is 1.80 bits per heavy atom. The average Bonchev–Trinajstić information content (AvgIpc) is 3.65. The molecule has 0 saturated heterocycles. The summed E-state index contributed by atoms with van der Waals surface area (Å²) in [5, 5.41) is 15.5. The van der Waals surface area contributed by atoms with Gasteiger partial charge >= 0.3 is 12.1 Å². The standard InChI is InChI=1S/C34H29F3N2O5S/c1-20(18-29(40)22-8-11-25(12-9-22)34(35,36)37)38-28(33(41)42)19-24-10-13-30(26-15-17-45-31(24)26)43-16-14-27-21(2)44-32(39-27)23-6-4-3-5-7-23/h3-13,15,17-18,28,38H,14,16,19H2,1-2H3,(H,41,42)/b20-18-. The molecule has 1 atom stereocenters. The van der Waals surface area contributed by atoms with Crippen LogP contribution >= 0.6 is 11.3 Å². The van der Waals surface area contributed by atoms with Gasteiger partial charge in [-0.05, 0) is 61.2 Å². The van der Waals surface area contributed by atoms with E-state index in [-0.39, 0.29) is 17.7 Å². The number of halogens is 3. The molecular weight excluding hydrogens is 605 g/mol. The van der Waals surface area contributed by atoms with Crippen molar-refractivity contribution in [1.82, 2.24) is 10.3 Å². The third-order valence-corrected chi connectivity index (χ3v) is 8.13. The summed E-state index contributed by atoms with van der Waals surface area (Å²) < 4.78 is 51.3. The minimum Gasteiger partial charge on any atom is -0.493 e. The number of carbonyl (C=O) groups excluding carboxylic acids is 1. The van der Waals surface area contributed by atoms with Gasteiger partial charge in [-0.15, -0.1) is 11.3 Å². The zero-order valence-electron chi connectivity index (χ0n) is 24.4. The highest BCUT2D eigenvalue weighted by Crippen LogP contribution is 2.34. The molecule has 0 amide bonds. The number of nitrogens with zero attached hydrogens (tertiary/aromatic N) is 1. The maximum Gasteiger partial charge on any atom is 0.416 e. The minimum atomic E-state index is -4.51. The molecule has 2 aromatic heterocycles. The van der Waals surface area contributed by atoms with Crippen molar-refractivity contribution >= 4 is 33.2 Å². The van der Waals surface area contributed by atoms with Crippen LogP contribution in [0.25, 0.3) is 21.5 Å². The fourth-order valence-electron chi connectivity index (χ4n) is 4.84. The number of aliphatic carboxylic acids is 1. The van der Waals surface area contributed by atoms with Crippen molar-refractivity contribution < 1.29 is 37.0 Å². The van der Waals surface area contributed by atoms with E-state index in [4.69, 9.17) is 9.15 Å². The molecule has 232 valence electrons. The zero-order chi connectivity index (χ0) is 32.1. The molecule has 45 heavy (non-hydrogen) atoms. The summed E-state index contributed by atoms with van der Waals surface area (Å²) in [6, 6.07) is 18.0. The van der Waals surface area contributed by atoms with E-state index in [1.807, 2.05) is 60.8 Å². The van der Waals surface area contributed by atoms with E-state index >= 15 is 0 Å². The van der Waals surface area contributed by atoms with Crippen LogP contribution in [-0.4, -0.2) is 34.5 Å². The zero-order valence-corrected chi connectivity index (χ0v) is 25.2. The second kappa shape index (κ2) is 13.4. The van der Waals surface area contributed by atoms with Gasteiger partial charge in [0.2, 0.25) is 5.89 Å². The summed E-state index contributed by atoms with van der Waals surface area (Å²) in [7, 11) is 0. The molecule has 1 unspecified atom stereocenters. The van der Waals surface area contributed by atoms with Crippen molar-refractivity contribution in [1.29, 1.82) is 0 Å². The van der Waals surface area contributed by atoms with Crippen molar-refractivity contribution in [2.75, 3.05) is 6.61 Å². The van der Waals surface area contributed by atoms with Crippen molar-refractivity contribution in [3.05, 3.63) is 118 Å². The first kappa shape index (κ1) is 31.5. The number of carbonyl (C=O) groups is 2. The normalized spacial score (nSPS) is 12.7. The average molecular weight is 635 g/mol. The quantitative estimate of drug-likeness (QED) is 0.106.